The Hall–Kier alpha value is -1.56. The van der Waals surface area contributed by atoms with E-state index in [0.717, 1.165) is 6.42 Å². The zero-order valence-electron chi connectivity index (χ0n) is 19.3. The van der Waals surface area contributed by atoms with Crippen molar-refractivity contribution in [1.29, 1.82) is 0 Å². The summed E-state index contributed by atoms with van der Waals surface area (Å²) in [7, 11) is 0. The number of hydrogen-bond acceptors (Lipinski definition) is 0. The standard InChI is InChI=1S/C27H40/c1-19(17-20-11-13-21(14-12-20)25(2,3)4)23-18-22(26(5,6)7)15-16-24(23)27(8,9)10/h11-16,18-19H,17H2,1-10H3. The van der Waals surface area contributed by atoms with Crippen molar-refractivity contribution in [2.45, 2.75) is 97.8 Å². The molecule has 2 aromatic rings. The van der Waals surface area contributed by atoms with Gasteiger partial charge in [0.2, 0.25) is 0 Å². The number of benzene rings is 2. The molecule has 0 aliphatic rings. The molecule has 0 aliphatic carbocycles. The van der Waals surface area contributed by atoms with E-state index in [1.807, 2.05) is 0 Å². The minimum atomic E-state index is 0.163. The second kappa shape index (κ2) is 7.46. The summed E-state index contributed by atoms with van der Waals surface area (Å²) in [6, 6.07) is 16.4. The Kier molecular flexibility index (Phi) is 6.00. The molecule has 0 saturated carbocycles. The maximum Gasteiger partial charge on any atom is -0.0129 e. The van der Waals surface area contributed by atoms with Crippen molar-refractivity contribution in [2.75, 3.05) is 0 Å². The van der Waals surface area contributed by atoms with Crippen molar-refractivity contribution in [3.8, 4) is 0 Å². The fraction of sp³-hybridized carbons (Fsp3) is 0.556. The first-order valence-corrected chi connectivity index (χ1v) is 10.4. The summed E-state index contributed by atoms with van der Waals surface area (Å²) < 4.78 is 0. The van der Waals surface area contributed by atoms with Crippen LogP contribution in [-0.4, -0.2) is 0 Å². The summed E-state index contributed by atoms with van der Waals surface area (Å²) in [5.41, 5.74) is 7.81. The minimum Gasteiger partial charge on any atom is -0.0587 e. The molecule has 0 amide bonds. The molecule has 0 spiro atoms. The van der Waals surface area contributed by atoms with Crippen molar-refractivity contribution >= 4 is 0 Å². The van der Waals surface area contributed by atoms with Crippen molar-refractivity contribution in [1.82, 2.24) is 0 Å². The predicted octanol–water partition coefficient (Wildman–Crippen LogP) is 7.93. The van der Waals surface area contributed by atoms with Gasteiger partial charge in [-0.1, -0.05) is 112 Å². The van der Waals surface area contributed by atoms with Crippen LogP contribution in [-0.2, 0) is 22.7 Å². The molecule has 0 saturated heterocycles. The molecule has 1 atom stereocenters. The van der Waals surface area contributed by atoms with Crippen LogP contribution < -0.4 is 0 Å². The van der Waals surface area contributed by atoms with E-state index in [-0.39, 0.29) is 16.2 Å². The first-order valence-electron chi connectivity index (χ1n) is 10.4. The molecule has 2 rings (SSSR count). The van der Waals surface area contributed by atoms with Crippen LogP contribution in [0.2, 0.25) is 0 Å². The lowest BCUT2D eigenvalue weighted by molar-refractivity contribution is 0.560. The topological polar surface area (TPSA) is 0 Å². The third kappa shape index (κ3) is 5.47. The zero-order chi connectivity index (χ0) is 20.6. The molecule has 0 heteroatoms. The van der Waals surface area contributed by atoms with Gasteiger partial charge in [0.15, 0.2) is 0 Å². The van der Waals surface area contributed by atoms with Crippen LogP contribution in [0, 0.1) is 0 Å². The Balaban J connectivity index is 2.37. The lowest BCUT2D eigenvalue weighted by Gasteiger charge is -2.29. The smallest absolute Gasteiger partial charge is 0.0129 e. The van der Waals surface area contributed by atoms with Crippen LogP contribution in [0.25, 0.3) is 0 Å². The SMILES string of the molecule is CC(Cc1ccc(C(C)(C)C)cc1)c1cc(C(C)(C)C)ccc1C(C)(C)C. The van der Waals surface area contributed by atoms with E-state index < -0.39 is 0 Å². The Labute approximate surface area is 168 Å². The molecular formula is C27H40. The van der Waals surface area contributed by atoms with Gasteiger partial charge in [-0.2, -0.15) is 0 Å². The van der Waals surface area contributed by atoms with Gasteiger partial charge in [-0.15, -0.1) is 0 Å². The van der Waals surface area contributed by atoms with E-state index in [9.17, 15) is 0 Å². The van der Waals surface area contributed by atoms with E-state index in [0.29, 0.717) is 5.92 Å². The summed E-state index contributed by atoms with van der Waals surface area (Å²) in [5.74, 6) is 0.502. The predicted molar refractivity (Wildman–Crippen MR) is 121 cm³/mol. The molecule has 0 heterocycles. The lowest BCUT2D eigenvalue weighted by Crippen LogP contribution is -2.19. The molecule has 0 aromatic heterocycles. The number of rotatable bonds is 3. The summed E-state index contributed by atoms with van der Waals surface area (Å²) in [4.78, 5) is 0. The van der Waals surface area contributed by atoms with Crippen LogP contribution in [0.5, 0.6) is 0 Å². The molecule has 0 nitrogen and oxygen atoms in total. The molecule has 148 valence electrons. The highest BCUT2D eigenvalue weighted by Gasteiger charge is 2.24. The first-order chi connectivity index (χ1) is 12.2. The van der Waals surface area contributed by atoms with Gasteiger partial charge >= 0.3 is 0 Å². The second-order valence-electron chi connectivity index (χ2n) is 11.4. The van der Waals surface area contributed by atoms with Crippen LogP contribution in [0.1, 0.15) is 103 Å². The van der Waals surface area contributed by atoms with E-state index in [4.69, 9.17) is 0 Å². The first kappa shape index (κ1) is 21.7. The zero-order valence-corrected chi connectivity index (χ0v) is 19.3. The molecule has 0 fully saturated rings. The molecule has 2 aromatic carbocycles. The van der Waals surface area contributed by atoms with E-state index in [1.165, 1.54) is 27.8 Å². The number of hydrogen-bond donors (Lipinski definition) is 0. The van der Waals surface area contributed by atoms with Crippen LogP contribution >= 0.6 is 0 Å². The third-order valence-electron chi connectivity index (χ3n) is 5.62. The second-order valence-corrected chi connectivity index (χ2v) is 11.4. The van der Waals surface area contributed by atoms with Gasteiger partial charge in [0, 0.05) is 0 Å². The molecule has 0 aliphatic heterocycles. The van der Waals surface area contributed by atoms with Gasteiger partial charge in [-0.3, -0.25) is 0 Å². The van der Waals surface area contributed by atoms with Gasteiger partial charge in [0.25, 0.3) is 0 Å². The Morgan fingerprint density at radius 1 is 0.630 bits per heavy atom. The molecule has 1 unspecified atom stereocenters. The monoisotopic (exact) mass is 364 g/mol. The maximum absolute atomic E-state index is 2.47. The molecule has 0 N–H and O–H groups in total. The van der Waals surface area contributed by atoms with Crippen LogP contribution in [0.4, 0.5) is 0 Å². The summed E-state index contributed by atoms with van der Waals surface area (Å²) >= 11 is 0. The Morgan fingerprint density at radius 3 is 1.56 bits per heavy atom. The van der Waals surface area contributed by atoms with E-state index >= 15 is 0 Å². The van der Waals surface area contributed by atoms with Gasteiger partial charge < -0.3 is 0 Å². The van der Waals surface area contributed by atoms with Gasteiger partial charge in [-0.25, -0.2) is 0 Å². The maximum atomic E-state index is 2.47. The third-order valence-corrected chi connectivity index (χ3v) is 5.62. The summed E-state index contributed by atoms with van der Waals surface area (Å²) in [5, 5.41) is 0. The fourth-order valence-corrected chi connectivity index (χ4v) is 3.72. The van der Waals surface area contributed by atoms with Crippen molar-refractivity contribution in [3.05, 3.63) is 70.3 Å². The van der Waals surface area contributed by atoms with Crippen molar-refractivity contribution in [3.63, 3.8) is 0 Å². The highest BCUT2D eigenvalue weighted by Crippen LogP contribution is 2.36. The van der Waals surface area contributed by atoms with E-state index in [1.54, 1.807) is 0 Å². The largest absolute Gasteiger partial charge is 0.0587 e. The summed E-state index contributed by atoms with van der Waals surface area (Å²) in [6.45, 7) is 23.1. The molecule has 27 heavy (non-hydrogen) atoms. The van der Waals surface area contributed by atoms with Gasteiger partial charge in [0.05, 0.1) is 0 Å². The van der Waals surface area contributed by atoms with Crippen LogP contribution in [0.3, 0.4) is 0 Å². The summed E-state index contributed by atoms with van der Waals surface area (Å²) in [6.07, 6.45) is 1.08. The van der Waals surface area contributed by atoms with Gasteiger partial charge in [-0.05, 0) is 56.4 Å². The Bertz CT molecular complexity index is 756. The van der Waals surface area contributed by atoms with Crippen molar-refractivity contribution in [2.24, 2.45) is 0 Å². The van der Waals surface area contributed by atoms with Crippen LogP contribution in [0.15, 0.2) is 42.5 Å². The average Bonchev–Trinajstić information content (AvgIpc) is 2.52. The minimum absolute atomic E-state index is 0.163. The highest BCUT2D eigenvalue weighted by molar-refractivity contribution is 5.41. The van der Waals surface area contributed by atoms with Crippen molar-refractivity contribution < 1.29 is 0 Å². The molecular weight excluding hydrogens is 324 g/mol. The highest BCUT2D eigenvalue weighted by atomic mass is 14.3. The Morgan fingerprint density at radius 2 is 1.11 bits per heavy atom. The average molecular weight is 365 g/mol. The van der Waals surface area contributed by atoms with Gasteiger partial charge in [0.1, 0.15) is 0 Å². The molecule has 0 radical (unpaired) electrons. The normalized spacial score (nSPS) is 14.3. The quantitative estimate of drug-likeness (QED) is 0.518. The lowest BCUT2D eigenvalue weighted by atomic mass is 9.75. The fourth-order valence-electron chi connectivity index (χ4n) is 3.72. The molecule has 0 bridgehead atoms. The van der Waals surface area contributed by atoms with E-state index in [2.05, 4.69) is 112 Å².